The number of anilines is 1. The lowest BCUT2D eigenvalue weighted by Crippen LogP contribution is -2.26. The molecule has 5 heterocycles. The van der Waals surface area contributed by atoms with Crippen molar-refractivity contribution in [2.24, 2.45) is 0 Å². The number of nitrogens with zero attached hydrogens (tertiary/aromatic N) is 8. The van der Waals surface area contributed by atoms with Crippen molar-refractivity contribution < 1.29 is 22.7 Å². The molecule has 11 nitrogen and oxygen atoms in total. The highest BCUT2D eigenvalue weighted by Crippen LogP contribution is 2.49. The molecular weight excluding hydrogens is 515 g/mol. The molecular formula is C25H20F3N9O2. The number of aromatic nitrogens is 8. The van der Waals surface area contributed by atoms with E-state index in [-0.39, 0.29) is 12.1 Å². The van der Waals surface area contributed by atoms with E-state index in [9.17, 15) is 18.0 Å². The average Bonchev–Trinajstić information content (AvgIpc) is 3.65. The standard InChI is InChI=1S/C25H20F3N9O2/c1-25(17-4-7-36(34-17)24(27)28)10-14(15-12-31-19-9-18(26)35-37(19)21(15)25)23(38)33-13-8-16(39-2)20(32-11-13)22-29-5-3-6-30-22/h3-9,11-12,14,24H,10H2,1-2H3,(H,33,38). The molecule has 1 aliphatic rings. The van der Waals surface area contributed by atoms with Crippen LogP contribution in [0.2, 0.25) is 0 Å². The summed E-state index contributed by atoms with van der Waals surface area (Å²) in [5, 5.41) is 10.8. The van der Waals surface area contributed by atoms with Crippen molar-refractivity contribution >= 4 is 17.2 Å². The van der Waals surface area contributed by atoms with Crippen molar-refractivity contribution in [3.8, 4) is 17.3 Å². The van der Waals surface area contributed by atoms with Gasteiger partial charge in [-0.25, -0.2) is 29.1 Å². The van der Waals surface area contributed by atoms with Crippen LogP contribution in [0.15, 0.2) is 55.2 Å². The minimum atomic E-state index is -2.84. The zero-order valence-corrected chi connectivity index (χ0v) is 20.6. The molecule has 5 aromatic rings. The van der Waals surface area contributed by atoms with Crippen LogP contribution in [0.4, 0.5) is 18.9 Å². The van der Waals surface area contributed by atoms with E-state index in [4.69, 9.17) is 4.74 Å². The van der Waals surface area contributed by atoms with E-state index in [0.29, 0.717) is 44.6 Å². The first kappa shape index (κ1) is 24.5. The third kappa shape index (κ3) is 4.04. The molecule has 2 unspecified atom stereocenters. The number of methoxy groups -OCH3 is 1. The Morgan fingerprint density at radius 3 is 2.67 bits per heavy atom. The number of hydrogen-bond acceptors (Lipinski definition) is 8. The summed E-state index contributed by atoms with van der Waals surface area (Å²) < 4.78 is 48.1. The van der Waals surface area contributed by atoms with Gasteiger partial charge in [-0.05, 0) is 25.5 Å². The highest BCUT2D eigenvalue weighted by molar-refractivity contribution is 5.97. The maximum Gasteiger partial charge on any atom is 0.333 e. The summed E-state index contributed by atoms with van der Waals surface area (Å²) >= 11 is 0. The number of ether oxygens (including phenoxy) is 1. The topological polar surface area (TPSA) is 125 Å². The van der Waals surface area contributed by atoms with Gasteiger partial charge in [0.25, 0.3) is 0 Å². The second-order valence-electron chi connectivity index (χ2n) is 9.18. The van der Waals surface area contributed by atoms with Crippen LogP contribution in [0.5, 0.6) is 5.75 Å². The molecule has 0 saturated carbocycles. The fourth-order valence-corrected chi connectivity index (χ4v) is 5.03. The molecule has 0 aromatic carbocycles. The number of alkyl halides is 2. The number of fused-ring (bicyclic) bond motifs is 3. The van der Waals surface area contributed by atoms with Crippen molar-refractivity contribution in [3.05, 3.63) is 78.1 Å². The van der Waals surface area contributed by atoms with E-state index in [2.05, 4.69) is 35.5 Å². The molecule has 1 N–H and O–H groups in total. The maximum absolute atomic E-state index is 14.1. The zero-order chi connectivity index (χ0) is 27.3. The van der Waals surface area contributed by atoms with Crippen molar-refractivity contribution in [2.75, 3.05) is 12.4 Å². The van der Waals surface area contributed by atoms with Crippen molar-refractivity contribution in [2.45, 2.75) is 31.2 Å². The second kappa shape index (κ2) is 9.15. The van der Waals surface area contributed by atoms with Gasteiger partial charge in [0.15, 0.2) is 11.5 Å². The van der Waals surface area contributed by atoms with E-state index in [0.717, 1.165) is 12.3 Å². The molecule has 1 aliphatic carbocycles. The Balaban J connectivity index is 1.38. The van der Waals surface area contributed by atoms with Crippen LogP contribution in [-0.4, -0.2) is 52.3 Å². The predicted octanol–water partition coefficient (Wildman–Crippen LogP) is 3.75. The Hall–Kier alpha value is -4.88. The number of hydrogen-bond donors (Lipinski definition) is 1. The normalized spacial score (nSPS) is 18.5. The summed E-state index contributed by atoms with van der Waals surface area (Å²) in [7, 11) is 1.46. The largest absolute Gasteiger partial charge is 0.494 e. The molecule has 0 radical (unpaired) electrons. The minimum absolute atomic E-state index is 0.150. The summed E-state index contributed by atoms with van der Waals surface area (Å²) in [6, 6.07) is 5.89. The Morgan fingerprint density at radius 2 is 1.95 bits per heavy atom. The summed E-state index contributed by atoms with van der Waals surface area (Å²) in [6.45, 7) is -1.08. The number of carbonyl (C=O) groups excluding carboxylic acids is 1. The van der Waals surface area contributed by atoms with Crippen molar-refractivity contribution in [3.63, 3.8) is 0 Å². The predicted molar refractivity (Wildman–Crippen MR) is 131 cm³/mol. The highest BCUT2D eigenvalue weighted by Gasteiger charge is 2.48. The van der Waals surface area contributed by atoms with Crippen LogP contribution < -0.4 is 10.1 Å². The summed E-state index contributed by atoms with van der Waals surface area (Å²) in [4.78, 5) is 30.6. The molecule has 6 rings (SSSR count). The number of halogens is 3. The van der Waals surface area contributed by atoms with E-state index in [1.807, 2.05) is 0 Å². The van der Waals surface area contributed by atoms with E-state index in [1.165, 1.54) is 30.1 Å². The molecule has 0 spiro atoms. The lowest BCUT2D eigenvalue weighted by Gasteiger charge is -2.23. The molecule has 5 aromatic heterocycles. The number of carbonyl (C=O) groups is 1. The first-order valence-electron chi connectivity index (χ1n) is 11.8. The van der Waals surface area contributed by atoms with Gasteiger partial charge in [-0.2, -0.15) is 18.3 Å². The highest BCUT2D eigenvalue weighted by atomic mass is 19.3. The van der Waals surface area contributed by atoms with Crippen LogP contribution in [-0.2, 0) is 10.2 Å². The van der Waals surface area contributed by atoms with Crippen molar-refractivity contribution in [1.82, 2.24) is 39.3 Å². The minimum Gasteiger partial charge on any atom is -0.494 e. The van der Waals surface area contributed by atoms with Gasteiger partial charge in [0.1, 0.15) is 11.4 Å². The fraction of sp³-hybridized carbons (Fsp3) is 0.240. The summed E-state index contributed by atoms with van der Waals surface area (Å²) in [5.74, 6) is -1.24. The molecule has 2 atom stereocenters. The smallest absolute Gasteiger partial charge is 0.333 e. The van der Waals surface area contributed by atoms with Gasteiger partial charge in [-0.1, -0.05) is 0 Å². The van der Waals surface area contributed by atoms with E-state index < -0.39 is 29.7 Å². The van der Waals surface area contributed by atoms with Gasteiger partial charge in [0.2, 0.25) is 11.9 Å². The van der Waals surface area contributed by atoms with Gasteiger partial charge in [0.05, 0.1) is 41.7 Å². The zero-order valence-electron chi connectivity index (χ0n) is 20.6. The Bertz CT molecular complexity index is 1710. The van der Waals surface area contributed by atoms with Gasteiger partial charge in [-0.15, -0.1) is 5.10 Å². The van der Waals surface area contributed by atoms with Gasteiger partial charge in [0, 0.05) is 42.5 Å². The third-order valence-electron chi connectivity index (χ3n) is 6.80. The van der Waals surface area contributed by atoms with Crippen LogP contribution >= 0.6 is 0 Å². The Labute approximate surface area is 218 Å². The number of rotatable bonds is 6. The lowest BCUT2D eigenvalue weighted by molar-refractivity contribution is -0.117. The first-order chi connectivity index (χ1) is 18.8. The summed E-state index contributed by atoms with van der Waals surface area (Å²) in [6.07, 6.45) is 7.41. The molecule has 39 heavy (non-hydrogen) atoms. The Morgan fingerprint density at radius 1 is 1.15 bits per heavy atom. The van der Waals surface area contributed by atoms with Crippen LogP contribution in [0.25, 0.3) is 17.2 Å². The summed E-state index contributed by atoms with van der Waals surface area (Å²) in [5.41, 5.74) is 1.14. The third-order valence-corrected chi connectivity index (χ3v) is 6.80. The monoisotopic (exact) mass is 535 g/mol. The molecule has 0 saturated heterocycles. The van der Waals surface area contributed by atoms with Gasteiger partial charge >= 0.3 is 6.55 Å². The lowest BCUT2D eigenvalue weighted by atomic mass is 9.82. The SMILES string of the molecule is COc1cc(NC(=O)C2CC(C)(c3ccn(C(F)F)n3)c3c2cnc2cc(F)nn32)cnc1-c1ncccn1. The second-order valence-corrected chi connectivity index (χ2v) is 9.18. The van der Waals surface area contributed by atoms with Crippen LogP contribution in [0.1, 0.15) is 42.8 Å². The first-order valence-corrected chi connectivity index (χ1v) is 11.8. The fourth-order valence-electron chi connectivity index (χ4n) is 5.03. The number of amides is 1. The molecule has 1 amide bonds. The van der Waals surface area contributed by atoms with Crippen LogP contribution in [0, 0.1) is 5.95 Å². The molecule has 198 valence electrons. The number of nitrogens with one attached hydrogen (secondary N) is 1. The van der Waals surface area contributed by atoms with Gasteiger partial charge < -0.3 is 10.1 Å². The average molecular weight is 535 g/mol. The van der Waals surface area contributed by atoms with Crippen LogP contribution in [0.3, 0.4) is 0 Å². The quantitative estimate of drug-likeness (QED) is 0.349. The van der Waals surface area contributed by atoms with Crippen molar-refractivity contribution in [1.29, 1.82) is 0 Å². The van der Waals surface area contributed by atoms with E-state index in [1.54, 1.807) is 31.5 Å². The molecule has 14 heteroatoms. The molecule has 0 bridgehead atoms. The number of pyridine rings is 1. The Kier molecular flexibility index (Phi) is 5.74. The molecule has 0 fully saturated rings. The van der Waals surface area contributed by atoms with Gasteiger partial charge in [-0.3, -0.25) is 4.79 Å². The van der Waals surface area contributed by atoms with E-state index >= 15 is 0 Å². The molecule has 0 aliphatic heterocycles. The maximum atomic E-state index is 14.1.